The van der Waals surface area contributed by atoms with Crippen LogP contribution in [0.25, 0.3) is 0 Å². The second-order valence-corrected chi connectivity index (χ2v) is 10.1. The first kappa shape index (κ1) is 15.5. The first-order valence-electron chi connectivity index (χ1n) is 8.00. The minimum absolute atomic E-state index is 0.384. The van der Waals surface area contributed by atoms with Gasteiger partial charge in [0, 0.05) is 46.5 Å². The minimum atomic E-state index is -0.384. The number of aromatic nitrogens is 4. The van der Waals surface area contributed by atoms with Crippen molar-refractivity contribution >= 4 is 37.6 Å². The van der Waals surface area contributed by atoms with E-state index in [1.165, 1.54) is 21.7 Å². The number of nitrogens with one attached hydrogen (secondary N) is 4. The van der Waals surface area contributed by atoms with Crippen LogP contribution in [0.5, 0.6) is 0 Å². The summed E-state index contributed by atoms with van der Waals surface area (Å²) in [5.41, 5.74) is 5.33. The molecule has 122 valence electrons. The van der Waals surface area contributed by atoms with Crippen molar-refractivity contribution in [1.82, 2.24) is 19.9 Å². The Labute approximate surface area is 143 Å². The molecule has 4 heterocycles. The zero-order valence-electron chi connectivity index (χ0n) is 13.2. The highest BCUT2D eigenvalue weighted by Crippen LogP contribution is 2.39. The molecule has 6 heteroatoms. The van der Waals surface area contributed by atoms with Crippen molar-refractivity contribution < 1.29 is 0 Å². The van der Waals surface area contributed by atoms with Crippen molar-refractivity contribution in [3.8, 4) is 0 Å². The first-order chi connectivity index (χ1) is 11.9. The van der Waals surface area contributed by atoms with Gasteiger partial charge < -0.3 is 19.9 Å². The van der Waals surface area contributed by atoms with E-state index in [9.17, 15) is 0 Å². The summed E-state index contributed by atoms with van der Waals surface area (Å²) in [6, 6.07) is 17.2. The van der Waals surface area contributed by atoms with E-state index in [-0.39, 0.29) is 15.8 Å². The summed E-state index contributed by atoms with van der Waals surface area (Å²) in [5, 5.41) is 0. The van der Waals surface area contributed by atoms with Crippen LogP contribution in [-0.2, 0) is 0 Å². The van der Waals surface area contributed by atoms with Gasteiger partial charge in [0.05, 0.1) is 0 Å². The standard InChI is InChI=1S/C18H20N4P2/c1-5-15(19-9-1)23(16-6-2-10-20-16)13-14-24(17-7-3-11-21-17)18-8-4-12-22-18/h1-12,19-22H,13-14H2. The van der Waals surface area contributed by atoms with Gasteiger partial charge in [-0.25, -0.2) is 0 Å². The number of rotatable bonds is 7. The summed E-state index contributed by atoms with van der Waals surface area (Å²) in [6.45, 7) is 0. The van der Waals surface area contributed by atoms with Gasteiger partial charge in [0.1, 0.15) is 0 Å². The summed E-state index contributed by atoms with van der Waals surface area (Å²) < 4.78 is 0. The molecule has 0 amide bonds. The second-order valence-electron chi connectivity index (χ2n) is 5.52. The largest absolute Gasteiger partial charge is 0.361 e. The lowest BCUT2D eigenvalue weighted by atomic mass is 10.7. The van der Waals surface area contributed by atoms with Gasteiger partial charge in [0.2, 0.25) is 0 Å². The van der Waals surface area contributed by atoms with E-state index in [0.29, 0.717) is 0 Å². The fourth-order valence-corrected chi connectivity index (χ4v) is 7.96. The van der Waals surface area contributed by atoms with E-state index >= 15 is 0 Å². The maximum atomic E-state index is 3.42. The van der Waals surface area contributed by atoms with Gasteiger partial charge in [-0.05, 0) is 76.7 Å². The highest BCUT2D eigenvalue weighted by Gasteiger charge is 2.21. The molecule has 4 nitrogen and oxygen atoms in total. The summed E-state index contributed by atoms with van der Waals surface area (Å²) >= 11 is 0. The highest BCUT2D eigenvalue weighted by molar-refractivity contribution is 7.76. The second kappa shape index (κ2) is 7.25. The van der Waals surface area contributed by atoms with E-state index in [1.54, 1.807) is 0 Å². The van der Waals surface area contributed by atoms with E-state index < -0.39 is 0 Å². The molecule has 0 aliphatic rings. The molecule has 0 unspecified atom stereocenters. The Morgan fingerprint density at radius 1 is 0.500 bits per heavy atom. The van der Waals surface area contributed by atoms with Gasteiger partial charge in [0.25, 0.3) is 0 Å². The Hall–Kier alpha value is -2.02. The van der Waals surface area contributed by atoms with Gasteiger partial charge in [-0.2, -0.15) is 0 Å². The van der Waals surface area contributed by atoms with E-state index in [4.69, 9.17) is 0 Å². The normalized spacial score (nSPS) is 11.6. The van der Waals surface area contributed by atoms with Crippen molar-refractivity contribution in [3.05, 3.63) is 73.3 Å². The summed E-state index contributed by atoms with van der Waals surface area (Å²) in [5.74, 6) is 0. The molecule has 0 aromatic carbocycles. The molecular formula is C18H20N4P2. The average molecular weight is 354 g/mol. The smallest absolute Gasteiger partial charge is 0.0445 e. The summed E-state index contributed by atoms with van der Waals surface area (Å²) in [7, 11) is -0.768. The molecule has 0 spiro atoms. The number of aromatic amines is 4. The zero-order chi connectivity index (χ0) is 16.2. The Bertz CT molecular complexity index is 677. The maximum Gasteiger partial charge on any atom is 0.0445 e. The monoisotopic (exact) mass is 354 g/mol. The molecular weight excluding hydrogens is 334 g/mol. The fraction of sp³-hybridized carbons (Fsp3) is 0.111. The van der Waals surface area contributed by atoms with Crippen LogP contribution in [0.1, 0.15) is 0 Å². The van der Waals surface area contributed by atoms with Crippen LogP contribution in [0.2, 0.25) is 0 Å². The number of hydrogen-bond donors (Lipinski definition) is 4. The van der Waals surface area contributed by atoms with Crippen LogP contribution in [-0.4, -0.2) is 32.3 Å². The lowest BCUT2D eigenvalue weighted by Gasteiger charge is -2.20. The predicted molar refractivity (Wildman–Crippen MR) is 105 cm³/mol. The van der Waals surface area contributed by atoms with Crippen molar-refractivity contribution in [2.24, 2.45) is 0 Å². The molecule has 0 fully saturated rings. The van der Waals surface area contributed by atoms with Crippen molar-refractivity contribution in [2.45, 2.75) is 0 Å². The molecule has 0 bridgehead atoms. The minimum Gasteiger partial charge on any atom is -0.361 e. The lowest BCUT2D eigenvalue weighted by molar-refractivity contribution is 1.40. The molecule has 0 atom stereocenters. The molecule has 4 aromatic heterocycles. The Morgan fingerprint density at radius 2 is 0.792 bits per heavy atom. The third-order valence-electron chi connectivity index (χ3n) is 4.04. The topological polar surface area (TPSA) is 63.2 Å². The fourth-order valence-electron chi connectivity index (χ4n) is 2.90. The number of hydrogen-bond acceptors (Lipinski definition) is 0. The third kappa shape index (κ3) is 3.26. The van der Waals surface area contributed by atoms with Crippen LogP contribution >= 0.6 is 15.8 Å². The van der Waals surface area contributed by atoms with Crippen LogP contribution in [0, 0.1) is 0 Å². The molecule has 0 saturated carbocycles. The molecule has 4 aromatic rings. The van der Waals surface area contributed by atoms with Gasteiger partial charge in [-0.3, -0.25) is 0 Å². The van der Waals surface area contributed by atoms with Gasteiger partial charge in [0.15, 0.2) is 0 Å². The average Bonchev–Trinajstić information content (AvgIpc) is 3.42. The molecule has 4 rings (SSSR count). The van der Waals surface area contributed by atoms with Crippen molar-refractivity contribution in [1.29, 1.82) is 0 Å². The molecule has 0 aliphatic heterocycles. The van der Waals surface area contributed by atoms with E-state index in [1.807, 2.05) is 24.8 Å². The zero-order valence-corrected chi connectivity index (χ0v) is 15.0. The molecule has 0 radical (unpaired) electrons. The van der Waals surface area contributed by atoms with Crippen molar-refractivity contribution in [2.75, 3.05) is 12.3 Å². The number of H-pyrrole nitrogens is 4. The van der Waals surface area contributed by atoms with Crippen LogP contribution in [0.15, 0.2) is 73.3 Å². The Kier molecular flexibility index (Phi) is 4.69. The van der Waals surface area contributed by atoms with Gasteiger partial charge in [-0.15, -0.1) is 0 Å². The lowest BCUT2D eigenvalue weighted by Crippen LogP contribution is -2.21. The van der Waals surface area contributed by atoms with Crippen molar-refractivity contribution in [3.63, 3.8) is 0 Å². The predicted octanol–water partition coefficient (Wildman–Crippen LogP) is 2.56. The highest BCUT2D eigenvalue weighted by atomic mass is 31.1. The van der Waals surface area contributed by atoms with Crippen LogP contribution in [0.4, 0.5) is 0 Å². The SMILES string of the molecule is c1c[nH]c(P(CCP(c2ccc[nH]2)c2ccc[nH]2)c2ccc[nH]2)c1. The maximum absolute atomic E-state index is 3.42. The van der Waals surface area contributed by atoms with Gasteiger partial charge >= 0.3 is 0 Å². The molecule has 0 saturated heterocycles. The molecule has 4 N–H and O–H groups in total. The Balaban J connectivity index is 1.58. The van der Waals surface area contributed by atoms with Crippen LogP contribution < -0.4 is 21.7 Å². The summed E-state index contributed by atoms with van der Waals surface area (Å²) in [6.07, 6.45) is 10.4. The Morgan fingerprint density at radius 3 is 1.00 bits per heavy atom. The quantitative estimate of drug-likeness (QED) is 0.369. The van der Waals surface area contributed by atoms with Gasteiger partial charge in [-0.1, -0.05) is 0 Å². The summed E-state index contributed by atoms with van der Waals surface area (Å²) in [4.78, 5) is 13.7. The molecule has 0 aliphatic carbocycles. The van der Waals surface area contributed by atoms with E-state index in [2.05, 4.69) is 68.5 Å². The first-order valence-corrected chi connectivity index (χ1v) is 11.1. The van der Waals surface area contributed by atoms with E-state index in [0.717, 1.165) is 12.3 Å². The third-order valence-corrected chi connectivity index (χ3v) is 9.17. The van der Waals surface area contributed by atoms with Crippen LogP contribution in [0.3, 0.4) is 0 Å². The molecule has 24 heavy (non-hydrogen) atoms.